The quantitative estimate of drug-likeness (QED) is 0.719. The van der Waals surface area contributed by atoms with Crippen LogP contribution in [0, 0.1) is 0 Å². The van der Waals surface area contributed by atoms with Gasteiger partial charge in [0.2, 0.25) is 0 Å². The summed E-state index contributed by atoms with van der Waals surface area (Å²) >= 11 is 0. The first-order valence-electron chi connectivity index (χ1n) is 6.42. The Morgan fingerprint density at radius 3 is 3.12 bits per heavy atom. The van der Waals surface area contributed by atoms with Gasteiger partial charge in [0.1, 0.15) is 0 Å². The van der Waals surface area contributed by atoms with Crippen LogP contribution in [0.1, 0.15) is 32.6 Å². The zero-order chi connectivity index (χ0) is 11.4. The van der Waals surface area contributed by atoms with Crippen molar-refractivity contribution in [3.63, 3.8) is 0 Å². The van der Waals surface area contributed by atoms with Crippen molar-refractivity contribution in [1.82, 2.24) is 10.2 Å². The van der Waals surface area contributed by atoms with Gasteiger partial charge in [0.25, 0.3) is 0 Å². The van der Waals surface area contributed by atoms with Gasteiger partial charge in [-0.05, 0) is 32.7 Å². The van der Waals surface area contributed by atoms with Crippen LogP contribution in [0.25, 0.3) is 0 Å². The third-order valence-corrected chi connectivity index (χ3v) is 3.64. The number of rotatable bonds is 4. The Hall–Kier alpha value is -0.610. The Labute approximate surface area is 97.3 Å². The Morgan fingerprint density at radius 1 is 1.44 bits per heavy atom. The maximum atomic E-state index is 11.3. The van der Waals surface area contributed by atoms with Crippen LogP contribution in [0.2, 0.25) is 0 Å². The molecule has 4 nitrogen and oxygen atoms in total. The maximum Gasteiger partial charge on any atom is 0.307 e. The fourth-order valence-electron chi connectivity index (χ4n) is 2.79. The number of piperidine rings is 1. The Morgan fingerprint density at radius 2 is 2.31 bits per heavy atom. The zero-order valence-electron chi connectivity index (χ0n) is 10.1. The number of fused-ring (bicyclic) bond motifs is 4. The first kappa shape index (κ1) is 11.9. The number of hydrogen-bond donors (Lipinski definition) is 1. The van der Waals surface area contributed by atoms with Crippen molar-refractivity contribution < 1.29 is 9.53 Å². The lowest BCUT2D eigenvalue weighted by atomic mass is 9.99. The summed E-state index contributed by atoms with van der Waals surface area (Å²) in [5.41, 5.74) is 0. The van der Waals surface area contributed by atoms with Gasteiger partial charge in [0.05, 0.1) is 13.0 Å². The van der Waals surface area contributed by atoms with Gasteiger partial charge in [-0.2, -0.15) is 0 Å². The molecule has 2 unspecified atom stereocenters. The first-order valence-corrected chi connectivity index (χ1v) is 6.42. The lowest BCUT2D eigenvalue weighted by Crippen LogP contribution is -2.46. The summed E-state index contributed by atoms with van der Waals surface area (Å²) in [6, 6.07) is 1.32. The molecule has 3 aliphatic heterocycles. The molecule has 0 aromatic heterocycles. The highest BCUT2D eigenvalue weighted by molar-refractivity contribution is 5.69. The standard InChI is InChI=1S/C12H22N2O2/c1-2-16-12(15)6-8-14-9-10-3-4-11(14)5-7-13-10/h10-11,13H,2-9H2,1H3. The molecule has 3 heterocycles. The van der Waals surface area contributed by atoms with Crippen LogP contribution in [0.4, 0.5) is 0 Å². The lowest BCUT2D eigenvalue weighted by molar-refractivity contribution is -0.143. The van der Waals surface area contributed by atoms with E-state index in [-0.39, 0.29) is 5.97 Å². The molecule has 2 atom stereocenters. The van der Waals surface area contributed by atoms with Crippen LogP contribution in [0.3, 0.4) is 0 Å². The fraction of sp³-hybridized carbons (Fsp3) is 0.917. The van der Waals surface area contributed by atoms with Crippen LogP contribution in [-0.4, -0.2) is 49.2 Å². The molecule has 0 saturated carbocycles. The molecule has 0 aromatic carbocycles. The van der Waals surface area contributed by atoms with Crippen LogP contribution >= 0.6 is 0 Å². The summed E-state index contributed by atoms with van der Waals surface area (Å²) in [6.45, 7) is 5.44. The molecule has 2 bridgehead atoms. The highest BCUT2D eigenvalue weighted by Gasteiger charge is 2.30. The largest absolute Gasteiger partial charge is 0.466 e. The fourth-order valence-corrected chi connectivity index (χ4v) is 2.79. The SMILES string of the molecule is CCOC(=O)CCN1CC2CCC1CCN2. The van der Waals surface area contributed by atoms with Gasteiger partial charge in [-0.1, -0.05) is 0 Å². The molecule has 3 aliphatic rings. The first-order chi connectivity index (χ1) is 7.79. The second-order valence-electron chi connectivity index (χ2n) is 4.72. The summed E-state index contributed by atoms with van der Waals surface area (Å²) in [7, 11) is 0. The van der Waals surface area contributed by atoms with Crippen LogP contribution < -0.4 is 5.32 Å². The molecule has 92 valence electrons. The monoisotopic (exact) mass is 226 g/mol. The van der Waals surface area contributed by atoms with Crippen molar-refractivity contribution in [2.75, 3.05) is 26.2 Å². The van der Waals surface area contributed by atoms with E-state index in [0.717, 1.165) is 19.6 Å². The number of esters is 1. The van der Waals surface area contributed by atoms with Gasteiger partial charge >= 0.3 is 5.97 Å². The third kappa shape index (κ3) is 2.95. The van der Waals surface area contributed by atoms with Crippen molar-refractivity contribution >= 4 is 5.97 Å². The smallest absolute Gasteiger partial charge is 0.307 e. The third-order valence-electron chi connectivity index (χ3n) is 3.64. The van der Waals surface area contributed by atoms with Crippen molar-refractivity contribution in [2.24, 2.45) is 0 Å². The molecule has 0 amide bonds. The second-order valence-corrected chi connectivity index (χ2v) is 4.72. The zero-order valence-corrected chi connectivity index (χ0v) is 10.1. The van der Waals surface area contributed by atoms with Gasteiger partial charge in [0, 0.05) is 25.2 Å². The van der Waals surface area contributed by atoms with E-state index >= 15 is 0 Å². The topological polar surface area (TPSA) is 41.6 Å². The van der Waals surface area contributed by atoms with E-state index in [1.165, 1.54) is 19.3 Å². The predicted molar refractivity (Wildman–Crippen MR) is 62.3 cm³/mol. The number of carbonyl (C=O) groups excluding carboxylic acids is 1. The summed E-state index contributed by atoms with van der Waals surface area (Å²) in [5, 5.41) is 3.56. The van der Waals surface area contributed by atoms with Crippen molar-refractivity contribution in [2.45, 2.75) is 44.7 Å². The molecule has 3 saturated heterocycles. The Kier molecular flexibility index (Phi) is 4.18. The predicted octanol–water partition coefficient (Wildman–Crippen LogP) is 0.766. The van der Waals surface area contributed by atoms with E-state index in [2.05, 4.69) is 10.2 Å². The number of nitrogens with one attached hydrogen (secondary N) is 1. The van der Waals surface area contributed by atoms with Crippen LogP contribution in [0.5, 0.6) is 0 Å². The van der Waals surface area contributed by atoms with Gasteiger partial charge in [-0.15, -0.1) is 0 Å². The number of ether oxygens (including phenoxy) is 1. The van der Waals surface area contributed by atoms with E-state index in [1.54, 1.807) is 0 Å². The molecule has 1 N–H and O–H groups in total. The molecular formula is C12H22N2O2. The average molecular weight is 226 g/mol. The minimum absolute atomic E-state index is 0.0596. The van der Waals surface area contributed by atoms with Crippen LogP contribution in [0.15, 0.2) is 0 Å². The minimum atomic E-state index is -0.0596. The van der Waals surface area contributed by atoms with Gasteiger partial charge in [-0.25, -0.2) is 0 Å². The lowest BCUT2D eigenvalue weighted by Gasteiger charge is -2.36. The van der Waals surface area contributed by atoms with Crippen molar-refractivity contribution in [1.29, 1.82) is 0 Å². The Bertz CT molecular complexity index is 241. The second kappa shape index (κ2) is 5.64. The van der Waals surface area contributed by atoms with E-state index in [1.807, 2.05) is 6.92 Å². The molecular weight excluding hydrogens is 204 g/mol. The molecule has 16 heavy (non-hydrogen) atoms. The summed E-state index contributed by atoms with van der Waals surface area (Å²) in [6.07, 6.45) is 4.33. The van der Waals surface area contributed by atoms with E-state index in [4.69, 9.17) is 4.74 Å². The van der Waals surface area contributed by atoms with Crippen molar-refractivity contribution in [3.05, 3.63) is 0 Å². The molecule has 3 fully saturated rings. The summed E-state index contributed by atoms with van der Waals surface area (Å²) in [4.78, 5) is 13.8. The molecule has 0 aromatic rings. The molecule has 0 aliphatic carbocycles. The average Bonchev–Trinajstić information content (AvgIpc) is 2.61. The number of nitrogens with zero attached hydrogens (tertiary/aromatic N) is 1. The van der Waals surface area contributed by atoms with Gasteiger partial charge in [0.15, 0.2) is 0 Å². The number of carbonyl (C=O) groups is 1. The highest BCUT2D eigenvalue weighted by atomic mass is 16.5. The highest BCUT2D eigenvalue weighted by Crippen LogP contribution is 2.23. The normalized spacial score (nSPS) is 30.1. The van der Waals surface area contributed by atoms with Crippen LogP contribution in [-0.2, 0) is 9.53 Å². The van der Waals surface area contributed by atoms with E-state index in [0.29, 0.717) is 25.1 Å². The molecule has 3 rings (SSSR count). The Balaban J connectivity index is 1.79. The maximum absolute atomic E-state index is 11.3. The minimum Gasteiger partial charge on any atom is -0.466 e. The van der Waals surface area contributed by atoms with E-state index < -0.39 is 0 Å². The van der Waals surface area contributed by atoms with Crippen molar-refractivity contribution in [3.8, 4) is 0 Å². The number of hydrogen-bond acceptors (Lipinski definition) is 4. The summed E-state index contributed by atoms with van der Waals surface area (Å²) in [5.74, 6) is -0.0596. The van der Waals surface area contributed by atoms with E-state index in [9.17, 15) is 4.79 Å². The molecule has 0 radical (unpaired) electrons. The summed E-state index contributed by atoms with van der Waals surface area (Å²) < 4.78 is 4.96. The molecule has 0 spiro atoms. The van der Waals surface area contributed by atoms with Gasteiger partial charge < -0.3 is 10.1 Å². The van der Waals surface area contributed by atoms with Gasteiger partial charge in [-0.3, -0.25) is 9.69 Å². The molecule has 4 heteroatoms.